The summed E-state index contributed by atoms with van der Waals surface area (Å²) in [5.74, 6) is -1.97. The smallest absolute Gasteiger partial charge is 0.260 e. The maximum atomic E-state index is 13.3. The molecule has 0 bridgehead atoms. The predicted octanol–water partition coefficient (Wildman–Crippen LogP) is 2.76. The number of fused-ring (bicyclic) bond motifs is 1. The van der Waals surface area contributed by atoms with E-state index in [0.29, 0.717) is 23.3 Å². The van der Waals surface area contributed by atoms with E-state index in [4.69, 9.17) is 25.8 Å². The van der Waals surface area contributed by atoms with Gasteiger partial charge in [0.25, 0.3) is 5.91 Å². The van der Waals surface area contributed by atoms with Crippen LogP contribution in [0.4, 0.5) is 0 Å². The molecule has 1 aromatic carbocycles. The van der Waals surface area contributed by atoms with Crippen molar-refractivity contribution in [2.24, 2.45) is 0 Å². The van der Waals surface area contributed by atoms with Crippen molar-refractivity contribution in [2.45, 2.75) is 63.4 Å². The standard InChI is InChI=1S/C21H24ClNO6/c1-5-6-15-17(19-18(16(11-24)27-15)28-21(3,4)29-19)23(12(2)25)20(26)13-7-9-14(22)10-8-13/h5,7-11,15-19H,1,6H2,2-4H3/t15-,16-,17+,18+,19-/m1/s1. The molecule has 2 saturated heterocycles. The Morgan fingerprint density at radius 2 is 1.83 bits per heavy atom. The fraction of sp³-hybridized carbons (Fsp3) is 0.476. The number of aldehydes is 1. The van der Waals surface area contributed by atoms with E-state index in [1.807, 2.05) is 0 Å². The van der Waals surface area contributed by atoms with Crippen molar-refractivity contribution in [3.05, 3.63) is 47.5 Å². The Balaban J connectivity index is 2.04. The second-order valence-electron chi connectivity index (χ2n) is 7.56. The molecule has 0 unspecified atom stereocenters. The van der Waals surface area contributed by atoms with Crippen molar-refractivity contribution >= 4 is 29.7 Å². The first-order valence-electron chi connectivity index (χ1n) is 9.35. The molecule has 7 nitrogen and oxygen atoms in total. The highest BCUT2D eigenvalue weighted by Crippen LogP contribution is 2.40. The van der Waals surface area contributed by atoms with Crippen molar-refractivity contribution < 1.29 is 28.6 Å². The number of amides is 2. The molecular weight excluding hydrogens is 398 g/mol. The normalized spacial score (nSPS) is 30.3. The molecule has 0 aliphatic carbocycles. The maximum Gasteiger partial charge on any atom is 0.260 e. The van der Waals surface area contributed by atoms with E-state index in [2.05, 4.69) is 6.58 Å². The highest BCUT2D eigenvalue weighted by Gasteiger charge is 2.57. The van der Waals surface area contributed by atoms with E-state index < -0.39 is 48.1 Å². The topological polar surface area (TPSA) is 82.1 Å². The number of hydrogen-bond donors (Lipinski definition) is 0. The van der Waals surface area contributed by atoms with Crippen molar-refractivity contribution in [3.63, 3.8) is 0 Å². The van der Waals surface area contributed by atoms with Gasteiger partial charge < -0.3 is 19.0 Å². The van der Waals surface area contributed by atoms with Gasteiger partial charge in [0.1, 0.15) is 18.3 Å². The molecule has 156 valence electrons. The molecule has 2 fully saturated rings. The first-order chi connectivity index (χ1) is 13.7. The Bertz CT molecular complexity index is 808. The summed E-state index contributed by atoms with van der Waals surface area (Å²) in [6.07, 6.45) is -0.407. The Labute approximate surface area is 174 Å². The summed E-state index contributed by atoms with van der Waals surface area (Å²) in [6, 6.07) is 5.46. The van der Waals surface area contributed by atoms with E-state index in [1.165, 1.54) is 6.92 Å². The largest absolute Gasteiger partial charge is 0.362 e. The summed E-state index contributed by atoms with van der Waals surface area (Å²) in [5, 5.41) is 0.477. The number of nitrogens with zero attached hydrogens (tertiary/aromatic N) is 1. The molecule has 2 heterocycles. The highest BCUT2D eigenvalue weighted by atomic mass is 35.5. The van der Waals surface area contributed by atoms with Crippen LogP contribution in [0, 0.1) is 0 Å². The van der Waals surface area contributed by atoms with Gasteiger partial charge in [0.2, 0.25) is 5.91 Å². The molecule has 2 aliphatic rings. The molecule has 3 rings (SSSR count). The van der Waals surface area contributed by atoms with Gasteiger partial charge >= 0.3 is 0 Å². The predicted molar refractivity (Wildman–Crippen MR) is 105 cm³/mol. The zero-order valence-corrected chi connectivity index (χ0v) is 17.3. The molecule has 29 heavy (non-hydrogen) atoms. The summed E-state index contributed by atoms with van der Waals surface area (Å²) >= 11 is 5.92. The van der Waals surface area contributed by atoms with Gasteiger partial charge in [0, 0.05) is 17.5 Å². The fourth-order valence-corrected chi connectivity index (χ4v) is 4.03. The monoisotopic (exact) mass is 421 g/mol. The van der Waals surface area contributed by atoms with Crippen LogP contribution in [0.15, 0.2) is 36.9 Å². The highest BCUT2D eigenvalue weighted by molar-refractivity contribution is 6.30. The SMILES string of the molecule is C=CC[C@H]1O[C@H](C=O)[C@@H]2OC(C)(C)O[C@@H]2[C@H]1N(C(C)=O)C(=O)c1ccc(Cl)cc1. The van der Waals surface area contributed by atoms with E-state index in [9.17, 15) is 14.4 Å². The minimum absolute atomic E-state index is 0.300. The maximum absolute atomic E-state index is 13.3. The molecular formula is C21H24ClNO6. The molecule has 0 radical (unpaired) electrons. The van der Waals surface area contributed by atoms with Gasteiger partial charge in [-0.3, -0.25) is 14.5 Å². The number of imide groups is 1. The van der Waals surface area contributed by atoms with Gasteiger partial charge in [0.05, 0.1) is 12.1 Å². The van der Waals surface area contributed by atoms with Gasteiger partial charge in [-0.2, -0.15) is 0 Å². The number of rotatable bonds is 5. The third-order valence-electron chi connectivity index (χ3n) is 5.02. The Hall–Kier alpha value is -2.06. The third-order valence-corrected chi connectivity index (χ3v) is 5.27. The number of hydrogen-bond acceptors (Lipinski definition) is 6. The van der Waals surface area contributed by atoms with Crippen molar-refractivity contribution in [3.8, 4) is 0 Å². The molecule has 1 aromatic rings. The van der Waals surface area contributed by atoms with Crippen molar-refractivity contribution in [1.82, 2.24) is 4.90 Å². The number of carbonyl (C=O) groups excluding carboxylic acids is 3. The van der Waals surface area contributed by atoms with Gasteiger partial charge in [-0.25, -0.2) is 0 Å². The molecule has 0 aromatic heterocycles. The zero-order chi connectivity index (χ0) is 21.3. The van der Waals surface area contributed by atoms with Crippen molar-refractivity contribution in [1.29, 1.82) is 0 Å². The van der Waals surface area contributed by atoms with Crippen LogP contribution in [0.2, 0.25) is 5.02 Å². The van der Waals surface area contributed by atoms with Crippen LogP contribution in [0.1, 0.15) is 37.6 Å². The summed E-state index contributed by atoms with van der Waals surface area (Å²) in [5.41, 5.74) is 0.300. The second kappa shape index (κ2) is 8.36. The average molecular weight is 422 g/mol. The van der Waals surface area contributed by atoms with Crippen molar-refractivity contribution in [2.75, 3.05) is 0 Å². The zero-order valence-electron chi connectivity index (χ0n) is 16.5. The van der Waals surface area contributed by atoms with E-state index in [-0.39, 0.29) is 0 Å². The van der Waals surface area contributed by atoms with E-state index in [0.717, 1.165) is 4.90 Å². The molecule has 8 heteroatoms. The fourth-order valence-electron chi connectivity index (χ4n) is 3.91. The number of benzene rings is 1. The van der Waals surface area contributed by atoms with Crippen LogP contribution < -0.4 is 0 Å². The Kier molecular flexibility index (Phi) is 6.24. The van der Waals surface area contributed by atoms with Crippen LogP contribution in [-0.4, -0.2) is 59.2 Å². The van der Waals surface area contributed by atoms with Crippen LogP contribution in [-0.2, 0) is 23.8 Å². The van der Waals surface area contributed by atoms with E-state index in [1.54, 1.807) is 44.2 Å². The van der Waals surface area contributed by atoms with Gasteiger partial charge in [-0.1, -0.05) is 17.7 Å². The minimum Gasteiger partial charge on any atom is -0.362 e. The first kappa shape index (κ1) is 21.6. The Morgan fingerprint density at radius 1 is 1.21 bits per heavy atom. The second-order valence-corrected chi connectivity index (χ2v) is 7.99. The van der Waals surface area contributed by atoms with Gasteiger partial charge in [-0.15, -0.1) is 6.58 Å². The molecule has 0 saturated carbocycles. The molecule has 5 atom stereocenters. The lowest BCUT2D eigenvalue weighted by atomic mass is 9.89. The lowest BCUT2D eigenvalue weighted by molar-refractivity contribution is -0.171. The minimum atomic E-state index is -0.993. The lowest BCUT2D eigenvalue weighted by Crippen LogP contribution is -2.64. The first-order valence-corrected chi connectivity index (χ1v) is 9.73. The van der Waals surface area contributed by atoms with Gasteiger partial charge in [0.15, 0.2) is 12.1 Å². The number of carbonyl (C=O) groups is 3. The molecule has 2 amide bonds. The summed E-state index contributed by atoms with van der Waals surface area (Å²) in [4.78, 5) is 38.6. The van der Waals surface area contributed by atoms with Crippen LogP contribution in [0.3, 0.4) is 0 Å². The molecule has 2 aliphatic heterocycles. The quantitative estimate of drug-likeness (QED) is 0.537. The lowest BCUT2D eigenvalue weighted by Gasteiger charge is -2.44. The Morgan fingerprint density at radius 3 is 2.38 bits per heavy atom. The van der Waals surface area contributed by atoms with Crippen LogP contribution in [0.25, 0.3) is 0 Å². The summed E-state index contributed by atoms with van der Waals surface area (Å²) < 4.78 is 17.8. The van der Waals surface area contributed by atoms with Crippen LogP contribution >= 0.6 is 11.6 Å². The number of ether oxygens (including phenoxy) is 3. The molecule has 0 spiro atoms. The van der Waals surface area contributed by atoms with Crippen LogP contribution in [0.5, 0.6) is 0 Å². The summed E-state index contributed by atoms with van der Waals surface area (Å²) in [7, 11) is 0. The molecule has 0 N–H and O–H groups in total. The average Bonchev–Trinajstić information content (AvgIpc) is 2.98. The third kappa shape index (κ3) is 4.28. The number of halogens is 1. The summed E-state index contributed by atoms with van der Waals surface area (Å²) in [6.45, 7) is 8.46. The van der Waals surface area contributed by atoms with Gasteiger partial charge in [-0.05, 0) is 44.5 Å². The van der Waals surface area contributed by atoms with E-state index >= 15 is 0 Å².